The van der Waals surface area contributed by atoms with Gasteiger partial charge in [0.1, 0.15) is 5.52 Å². The summed E-state index contributed by atoms with van der Waals surface area (Å²) in [5, 5.41) is 1.78. The van der Waals surface area contributed by atoms with Crippen LogP contribution in [0.4, 0.5) is 5.13 Å². The molecule has 1 aliphatic heterocycles. The molecule has 3 aromatic rings. The van der Waals surface area contributed by atoms with E-state index in [1.54, 1.807) is 29.2 Å². The number of rotatable bonds is 6. The third-order valence-electron chi connectivity index (χ3n) is 4.87. The largest absolute Gasteiger partial charge is 0.379 e. The van der Waals surface area contributed by atoms with Crippen LogP contribution in [0.25, 0.3) is 10.2 Å². The molecular weight excluding hydrogens is 465 g/mol. The van der Waals surface area contributed by atoms with Gasteiger partial charge in [0.25, 0.3) is 5.91 Å². The van der Waals surface area contributed by atoms with E-state index >= 15 is 0 Å². The van der Waals surface area contributed by atoms with Crippen LogP contribution >= 0.6 is 46.9 Å². The SMILES string of the molecule is Cl.O=C(c1cccc(Cl)c1)N(CCCN1CCOCC1)c1nc2c(Cl)cccc2s1. The van der Waals surface area contributed by atoms with Crippen molar-refractivity contribution in [2.24, 2.45) is 0 Å². The predicted octanol–water partition coefficient (Wildman–Crippen LogP) is 5.39. The molecule has 1 aliphatic rings. The van der Waals surface area contributed by atoms with E-state index in [4.69, 9.17) is 27.9 Å². The number of carbonyl (C=O) groups is 1. The fourth-order valence-corrected chi connectivity index (χ4v) is 4.84. The van der Waals surface area contributed by atoms with Crippen molar-refractivity contribution in [2.45, 2.75) is 6.42 Å². The molecule has 0 radical (unpaired) electrons. The maximum Gasteiger partial charge on any atom is 0.260 e. The molecule has 0 spiro atoms. The second-order valence-corrected chi connectivity index (χ2v) is 8.71. The van der Waals surface area contributed by atoms with Crippen LogP contribution in [0.2, 0.25) is 10.0 Å². The number of fused-ring (bicyclic) bond motifs is 1. The summed E-state index contributed by atoms with van der Waals surface area (Å²) in [4.78, 5) is 22.1. The van der Waals surface area contributed by atoms with E-state index in [-0.39, 0.29) is 18.3 Å². The molecular formula is C21H22Cl3N3O2S. The Morgan fingerprint density at radius 3 is 2.67 bits per heavy atom. The lowest BCUT2D eigenvalue weighted by Gasteiger charge is -2.27. The molecule has 0 N–H and O–H groups in total. The highest BCUT2D eigenvalue weighted by molar-refractivity contribution is 7.22. The first-order chi connectivity index (χ1) is 14.1. The van der Waals surface area contributed by atoms with E-state index in [1.807, 2.05) is 18.2 Å². The number of ether oxygens (including phenoxy) is 1. The van der Waals surface area contributed by atoms with Crippen molar-refractivity contribution in [3.8, 4) is 0 Å². The van der Waals surface area contributed by atoms with Gasteiger partial charge >= 0.3 is 0 Å². The van der Waals surface area contributed by atoms with Crippen LogP contribution in [0.1, 0.15) is 16.8 Å². The van der Waals surface area contributed by atoms with Crippen molar-refractivity contribution < 1.29 is 9.53 Å². The van der Waals surface area contributed by atoms with Gasteiger partial charge in [0.2, 0.25) is 0 Å². The highest BCUT2D eigenvalue weighted by atomic mass is 35.5. The Balaban J connectivity index is 0.00000256. The van der Waals surface area contributed by atoms with Gasteiger partial charge < -0.3 is 4.74 Å². The monoisotopic (exact) mass is 485 g/mol. The third kappa shape index (κ3) is 5.44. The zero-order valence-electron chi connectivity index (χ0n) is 16.2. The number of carbonyl (C=O) groups excluding carboxylic acids is 1. The summed E-state index contributed by atoms with van der Waals surface area (Å²) >= 11 is 13.9. The molecule has 1 aromatic heterocycles. The molecule has 30 heavy (non-hydrogen) atoms. The van der Waals surface area contributed by atoms with E-state index < -0.39 is 0 Å². The average Bonchev–Trinajstić information content (AvgIpc) is 3.17. The maximum atomic E-state index is 13.3. The Bertz CT molecular complexity index is 1010. The average molecular weight is 487 g/mol. The molecule has 0 saturated carbocycles. The van der Waals surface area contributed by atoms with E-state index in [1.165, 1.54) is 11.3 Å². The van der Waals surface area contributed by atoms with Gasteiger partial charge in [0, 0.05) is 36.8 Å². The van der Waals surface area contributed by atoms with Crippen LogP contribution in [0.3, 0.4) is 0 Å². The molecule has 1 amide bonds. The highest BCUT2D eigenvalue weighted by Gasteiger charge is 2.22. The zero-order valence-corrected chi connectivity index (χ0v) is 19.4. The number of thiazole rings is 1. The van der Waals surface area contributed by atoms with Gasteiger partial charge in [0.15, 0.2) is 5.13 Å². The molecule has 2 heterocycles. The molecule has 9 heteroatoms. The fourth-order valence-electron chi connectivity index (χ4n) is 3.36. The summed E-state index contributed by atoms with van der Waals surface area (Å²) in [5.74, 6) is -0.107. The van der Waals surface area contributed by atoms with Gasteiger partial charge in [-0.05, 0) is 36.8 Å². The molecule has 0 bridgehead atoms. The van der Waals surface area contributed by atoms with Gasteiger partial charge in [-0.1, -0.05) is 46.7 Å². The summed E-state index contributed by atoms with van der Waals surface area (Å²) in [6, 6.07) is 12.7. The molecule has 4 rings (SSSR count). The van der Waals surface area contributed by atoms with E-state index in [0.717, 1.165) is 49.5 Å². The lowest BCUT2D eigenvalue weighted by atomic mass is 10.2. The van der Waals surface area contributed by atoms with Crippen LogP contribution in [0, 0.1) is 0 Å². The summed E-state index contributed by atoms with van der Waals surface area (Å²) in [6.45, 7) is 4.87. The van der Waals surface area contributed by atoms with Crippen molar-refractivity contribution in [1.82, 2.24) is 9.88 Å². The van der Waals surface area contributed by atoms with Crippen LogP contribution in [0.15, 0.2) is 42.5 Å². The molecule has 160 valence electrons. The van der Waals surface area contributed by atoms with E-state index in [2.05, 4.69) is 9.88 Å². The van der Waals surface area contributed by atoms with Crippen LogP contribution in [-0.2, 0) is 4.74 Å². The van der Waals surface area contributed by atoms with E-state index in [9.17, 15) is 4.79 Å². The summed E-state index contributed by atoms with van der Waals surface area (Å²) in [5.41, 5.74) is 1.28. The molecule has 1 fully saturated rings. The second kappa shape index (κ2) is 10.8. The first kappa shape index (κ1) is 23.3. The molecule has 0 atom stereocenters. The maximum absolute atomic E-state index is 13.3. The number of morpholine rings is 1. The van der Waals surface area contributed by atoms with Crippen molar-refractivity contribution in [3.05, 3.63) is 58.1 Å². The van der Waals surface area contributed by atoms with Crippen molar-refractivity contribution in [2.75, 3.05) is 44.3 Å². The van der Waals surface area contributed by atoms with Crippen molar-refractivity contribution in [3.63, 3.8) is 0 Å². The topological polar surface area (TPSA) is 45.7 Å². The minimum Gasteiger partial charge on any atom is -0.379 e. The Labute approximate surface area is 195 Å². The van der Waals surface area contributed by atoms with Crippen LogP contribution in [-0.4, -0.2) is 55.2 Å². The number of aromatic nitrogens is 1. The van der Waals surface area contributed by atoms with Crippen LogP contribution in [0.5, 0.6) is 0 Å². The molecule has 0 unspecified atom stereocenters. The number of para-hydroxylation sites is 1. The number of benzene rings is 2. The number of nitrogens with zero attached hydrogens (tertiary/aromatic N) is 3. The van der Waals surface area contributed by atoms with E-state index in [0.29, 0.717) is 27.3 Å². The molecule has 0 aliphatic carbocycles. The molecule has 2 aromatic carbocycles. The Morgan fingerprint density at radius 2 is 1.93 bits per heavy atom. The van der Waals surface area contributed by atoms with Gasteiger partial charge in [-0.3, -0.25) is 14.6 Å². The normalized spacial score (nSPS) is 14.5. The zero-order chi connectivity index (χ0) is 20.2. The smallest absolute Gasteiger partial charge is 0.260 e. The standard InChI is InChI=1S/C21H21Cl2N3O2S.ClH/c22-16-5-1-4-15(14-16)20(27)26(9-3-8-25-10-12-28-13-11-25)21-24-19-17(23)6-2-7-18(19)29-21;/h1-2,4-7,14H,3,8-13H2;1H. The Kier molecular flexibility index (Phi) is 8.34. The number of halogens is 3. The summed E-state index contributed by atoms with van der Waals surface area (Å²) < 4.78 is 6.37. The predicted molar refractivity (Wildman–Crippen MR) is 127 cm³/mol. The lowest BCUT2D eigenvalue weighted by Crippen LogP contribution is -2.39. The number of hydrogen-bond donors (Lipinski definition) is 0. The quantitative estimate of drug-likeness (QED) is 0.468. The molecule has 5 nitrogen and oxygen atoms in total. The number of amides is 1. The number of anilines is 1. The van der Waals surface area contributed by atoms with Crippen molar-refractivity contribution >= 4 is 68.2 Å². The first-order valence-electron chi connectivity index (χ1n) is 9.54. The fraction of sp³-hybridized carbons (Fsp3) is 0.333. The number of hydrogen-bond acceptors (Lipinski definition) is 5. The van der Waals surface area contributed by atoms with Gasteiger partial charge in [-0.25, -0.2) is 4.98 Å². The van der Waals surface area contributed by atoms with Crippen LogP contribution < -0.4 is 4.90 Å². The molecule has 1 saturated heterocycles. The minimum atomic E-state index is -0.107. The van der Waals surface area contributed by atoms with Gasteiger partial charge in [-0.15, -0.1) is 12.4 Å². The highest BCUT2D eigenvalue weighted by Crippen LogP contribution is 2.33. The Morgan fingerprint density at radius 1 is 1.17 bits per heavy atom. The van der Waals surface area contributed by atoms with Gasteiger partial charge in [-0.2, -0.15) is 0 Å². The van der Waals surface area contributed by atoms with Crippen molar-refractivity contribution in [1.29, 1.82) is 0 Å². The minimum absolute atomic E-state index is 0. The first-order valence-corrected chi connectivity index (χ1v) is 11.1. The summed E-state index contributed by atoms with van der Waals surface area (Å²) in [6.07, 6.45) is 0.843. The summed E-state index contributed by atoms with van der Waals surface area (Å²) in [7, 11) is 0. The Hall–Kier alpha value is -1.41. The second-order valence-electron chi connectivity index (χ2n) is 6.86. The van der Waals surface area contributed by atoms with Gasteiger partial charge in [0.05, 0.1) is 22.9 Å². The lowest BCUT2D eigenvalue weighted by molar-refractivity contribution is 0.0376. The third-order valence-corrected chi connectivity index (χ3v) is 6.45.